The monoisotopic (exact) mass is 423 g/mol. The summed E-state index contributed by atoms with van der Waals surface area (Å²) in [6, 6.07) is 9.25. The van der Waals surface area contributed by atoms with Crippen molar-refractivity contribution in [2.24, 2.45) is 0 Å². The average molecular weight is 424 g/mol. The number of phenols is 2. The quantitative estimate of drug-likeness (QED) is 0.459. The van der Waals surface area contributed by atoms with E-state index in [2.05, 4.69) is 11.8 Å². The maximum atomic E-state index is 10.2. The normalized spacial score (nSPS) is 16.6. The van der Waals surface area contributed by atoms with Crippen molar-refractivity contribution in [1.29, 1.82) is 0 Å². The van der Waals surface area contributed by atoms with E-state index in [-0.39, 0.29) is 11.5 Å². The van der Waals surface area contributed by atoms with Gasteiger partial charge in [-0.3, -0.25) is 4.90 Å². The molecular formula is C22H27Cl2NO3. The first-order chi connectivity index (χ1) is 13.5. The Bertz CT molecular complexity index is 792. The fraction of sp³-hybridized carbons (Fsp3) is 0.455. The molecule has 1 aliphatic carbocycles. The summed E-state index contributed by atoms with van der Waals surface area (Å²) in [7, 11) is 0. The largest absolute Gasteiger partial charge is 0.504 e. The van der Waals surface area contributed by atoms with E-state index in [1.165, 1.54) is 0 Å². The lowest BCUT2D eigenvalue weighted by Crippen LogP contribution is -2.40. The number of halogens is 2. The van der Waals surface area contributed by atoms with Crippen LogP contribution in [0.5, 0.6) is 17.2 Å². The van der Waals surface area contributed by atoms with Gasteiger partial charge in [0, 0.05) is 18.2 Å². The average Bonchev–Trinajstić information content (AvgIpc) is 2.89. The molecule has 1 aliphatic rings. The summed E-state index contributed by atoms with van der Waals surface area (Å²) in [4.78, 5) is 2.45. The van der Waals surface area contributed by atoms with Crippen LogP contribution in [0.2, 0.25) is 10.0 Å². The molecule has 6 heteroatoms. The van der Waals surface area contributed by atoms with Gasteiger partial charge in [-0.25, -0.2) is 0 Å². The van der Waals surface area contributed by atoms with Crippen LogP contribution < -0.4 is 4.74 Å². The van der Waals surface area contributed by atoms with Gasteiger partial charge < -0.3 is 14.9 Å². The molecule has 2 aromatic carbocycles. The van der Waals surface area contributed by atoms with Gasteiger partial charge in [0.05, 0.1) is 10.0 Å². The highest BCUT2D eigenvalue weighted by Crippen LogP contribution is 2.36. The Hall–Kier alpha value is -1.62. The lowest BCUT2D eigenvalue weighted by Gasteiger charge is -2.31. The minimum absolute atomic E-state index is 0.0346. The Balaban J connectivity index is 1.68. The Kier molecular flexibility index (Phi) is 7.33. The van der Waals surface area contributed by atoms with Crippen molar-refractivity contribution in [1.82, 2.24) is 4.90 Å². The number of rotatable bonds is 7. The third-order valence-corrected chi connectivity index (χ3v) is 5.94. The second-order valence-corrected chi connectivity index (χ2v) is 8.07. The molecule has 0 radical (unpaired) electrons. The van der Waals surface area contributed by atoms with E-state index >= 15 is 0 Å². The van der Waals surface area contributed by atoms with E-state index in [0.29, 0.717) is 28.4 Å². The molecule has 0 bridgehead atoms. The highest BCUT2D eigenvalue weighted by Gasteiger charge is 2.24. The minimum Gasteiger partial charge on any atom is -0.504 e. The molecule has 28 heavy (non-hydrogen) atoms. The van der Waals surface area contributed by atoms with Crippen LogP contribution in [0.1, 0.15) is 37.3 Å². The van der Waals surface area contributed by atoms with Crippen LogP contribution in [0.15, 0.2) is 30.3 Å². The van der Waals surface area contributed by atoms with E-state index in [9.17, 15) is 10.2 Å². The molecule has 0 saturated heterocycles. The van der Waals surface area contributed by atoms with Crippen LogP contribution in [0, 0.1) is 0 Å². The summed E-state index contributed by atoms with van der Waals surface area (Å²) >= 11 is 12.4. The molecule has 0 fully saturated rings. The van der Waals surface area contributed by atoms with Crippen LogP contribution in [0.4, 0.5) is 0 Å². The Morgan fingerprint density at radius 3 is 2.57 bits per heavy atom. The highest BCUT2D eigenvalue weighted by atomic mass is 35.5. The van der Waals surface area contributed by atoms with Crippen LogP contribution in [-0.2, 0) is 12.8 Å². The molecule has 152 valence electrons. The third kappa shape index (κ3) is 4.86. The topological polar surface area (TPSA) is 52.9 Å². The molecule has 0 aliphatic heterocycles. The molecule has 0 spiro atoms. The van der Waals surface area contributed by atoms with Gasteiger partial charge in [-0.2, -0.15) is 0 Å². The zero-order chi connectivity index (χ0) is 20.1. The summed E-state index contributed by atoms with van der Waals surface area (Å²) < 4.78 is 5.89. The number of hydrogen-bond acceptors (Lipinski definition) is 4. The van der Waals surface area contributed by atoms with Gasteiger partial charge in [-0.1, -0.05) is 42.3 Å². The lowest BCUT2D eigenvalue weighted by atomic mass is 9.99. The number of benzene rings is 2. The summed E-state index contributed by atoms with van der Waals surface area (Å²) in [6.45, 7) is 4.43. The standard InChI is InChI=1S/C22H27Cl2NO3/c1-2-11-25(12-13-28-22-18(23)7-4-8-19(22)24)16-5-3-6-17-15(14-16)9-10-20(26)21(17)27/h4,7-10,16,26-27H,2-3,5-6,11-14H2,1H3. The predicted octanol–water partition coefficient (Wildman–Crippen LogP) is 5.44. The van der Waals surface area contributed by atoms with Crippen molar-refractivity contribution >= 4 is 23.2 Å². The summed E-state index contributed by atoms with van der Waals surface area (Å²) in [5.74, 6) is 0.540. The third-order valence-electron chi connectivity index (χ3n) is 5.35. The smallest absolute Gasteiger partial charge is 0.160 e. The molecule has 2 aromatic rings. The van der Waals surface area contributed by atoms with E-state index in [4.69, 9.17) is 27.9 Å². The zero-order valence-corrected chi connectivity index (χ0v) is 17.6. The fourth-order valence-electron chi connectivity index (χ4n) is 3.97. The SMILES string of the molecule is CCCN(CCOc1c(Cl)cccc1Cl)C1CCCc2c(ccc(O)c2O)C1. The number of ether oxygens (including phenoxy) is 1. The van der Waals surface area contributed by atoms with Gasteiger partial charge in [-0.15, -0.1) is 0 Å². The number of fused-ring (bicyclic) bond motifs is 1. The Labute approximate surface area is 176 Å². The molecule has 0 aromatic heterocycles. The molecule has 0 heterocycles. The van der Waals surface area contributed by atoms with Crippen molar-refractivity contribution in [2.75, 3.05) is 19.7 Å². The number of aromatic hydroxyl groups is 2. The zero-order valence-electron chi connectivity index (χ0n) is 16.1. The lowest BCUT2D eigenvalue weighted by molar-refractivity contribution is 0.151. The van der Waals surface area contributed by atoms with E-state index < -0.39 is 0 Å². The number of phenolic OH excluding ortho intramolecular Hbond substituents is 2. The number of hydrogen-bond donors (Lipinski definition) is 2. The fourth-order valence-corrected chi connectivity index (χ4v) is 4.47. The molecule has 0 amide bonds. The van der Waals surface area contributed by atoms with Gasteiger partial charge in [-0.05, 0) is 62.4 Å². The van der Waals surface area contributed by atoms with Crippen LogP contribution >= 0.6 is 23.2 Å². The van der Waals surface area contributed by atoms with Gasteiger partial charge in [0.2, 0.25) is 0 Å². The molecule has 4 nitrogen and oxygen atoms in total. The maximum absolute atomic E-state index is 10.2. The molecule has 3 rings (SSSR count). The molecule has 1 unspecified atom stereocenters. The number of para-hydroxylation sites is 1. The second kappa shape index (κ2) is 9.73. The van der Waals surface area contributed by atoms with Crippen molar-refractivity contribution in [2.45, 2.75) is 45.1 Å². The van der Waals surface area contributed by atoms with Gasteiger partial charge in [0.15, 0.2) is 17.2 Å². The summed E-state index contributed by atoms with van der Waals surface area (Å²) in [6.07, 6.45) is 4.72. The van der Waals surface area contributed by atoms with Crippen LogP contribution in [0.25, 0.3) is 0 Å². The van der Waals surface area contributed by atoms with E-state index in [0.717, 1.165) is 56.3 Å². The van der Waals surface area contributed by atoms with Crippen molar-refractivity contribution in [3.05, 3.63) is 51.5 Å². The molecule has 2 N–H and O–H groups in total. The number of nitrogens with zero attached hydrogens (tertiary/aromatic N) is 1. The Morgan fingerprint density at radius 1 is 1.11 bits per heavy atom. The summed E-state index contributed by atoms with van der Waals surface area (Å²) in [5, 5.41) is 21.0. The highest BCUT2D eigenvalue weighted by molar-refractivity contribution is 6.37. The van der Waals surface area contributed by atoms with Crippen LogP contribution in [0.3, 0.4) is 0 Å². The van der Waals surface area contributed by atoms with Gasteiger partial charge in [0.25, 0.3) is 0 Å². The first-order valence-corrected chi connectivity index (χ1v) is 10.6. The first kappa shape index (κ1) is 21.1. The van der Waals surface area contributed by atoms with Crippen molar-refractivity contribution in [3.63, 3.8) is 0 Å². The van der Waals surface area contributed by atoms with Gasteiger partial charge in [0.1, 0.15) is 6.61 Å². The van der Waals surface area contributed by atoms with E-state index in [1.54, 1.807) is 24.3 Å². The predicted molar refractivity (Wildman–Crippen MR) is 114 cm³/mol. The second-order valence-electron chi connectivity index (χ2n) is 7.26. The van der Waals surface area contributed by atoms with E-state index in [1.807, 2.05) is 6.07 Å². The molecule has 1 atom stereocenters. The first-order valence-electron chi connectivity index (χ1n) is 9.84. The molecular weight excluding hydrogens is 397 g/mol. The van der Waals surface area contributed by atoms with Crippen LogP contribution in [-0.4, -0.2) is 40.9 Å². The summed E-state index contributed by atoms with van der Waals surface area (Å²) in [5.41, 5.74) is 2.01. The minimum atomic E-state index is -0.0346. The Morgan fingerprint density at radius 2 is 1.86 bits per heavy atom. The maximum Gasteiger partial charge on any atom is 0.160 e. The molecule has 0 saturated carbocycles. The van der Waals surface area contributed by atoms with Crippen molar-refractivity contribution < 1.29 is 14.9 Å². The van der Waals surface area contributed by atoms with Gasteiger partial charge >= 0.3 is 0 Å². The van der Waals surface area contributed by atoms with Crippen molar-refractivity contribution in [3.8, 4) is 17.2 Å².